The van der Waals surface area contributed by atoms with Crippen LogP contribution in [0.1, 0.15) is 25.6 Å². The lowest BCUT2D eigenvalue weighted by molar-refractivity contribution is 0.0965. The number of hydrogen-bond acceptors (Lipinski definition) is 3. The quantitative estimate of drug-likeness (QED) is 0.871. The van der Waals surface area contributed by atoms with E-state index < -0.39 is 12.1 Å². The fraction of sp³-hybridized carbons (Fsp3) is 0.500. The van der Waals surface area contributed by atoms with Crippen LogP contribution in [-0.2, 0) is 0 Å². The molecule has 78 valence electrons. The normalized spacial score (nSPS) is 15.6. The van der Waals surface area contributed by atoms with Crippen LogP contribution in [0, 0.1) is 5.92 Å². The molecule has 0 unspecified atom stereocenters. The van der Waals surface area contributed by atoms with Crippen molar-refractivity contribution in [3.8, 4) is 0 Å². The summed E-state index contributed by atoms with van der Waals surface area (Å²) < 4.78 is 0.910. The second kappa shape index (κ2) is 4.87. The van der Waals surface area contributed by atoms with E-state index in [0.717, 1.165) is 10.2 Å². The summed E-state index contributed by atoms with van der Waals surface area (Å²) in [6, 6.07) is 3.28. The van der Waals surface area contributed by atoms with Gasteiger partial charge < -0.3 is 10.8 Å². The zero-order chi connectivity index (χ0) is 10.7. The molecule has 0 saturated heterocycles. The van der Waals surface area contributed by atoms with Crippen LogP contribution in [0.2, 0.25) is 0 Å². The maximum absolute atomic E-state index is 9.74. The van der Waals surface area contributed by atoms with Crippen LogP contribution in [-0.4, -0.2) is 16.2 Å². The average Bonchev–Trinajstić information content (AvgIpc) is 2.16. The summed E-state index contributed by atoms with van der Waals surface area (Å²) in [5.74, 6) is 0.135. The second-order valence-electron chi connectivity index (χ2n) is 3.66. The Labute approximate surface area is 92.5 Å². The Morgan fingerprint density at radius 1 is 1.43 bits per heavy atom. The molecular formula is C10H15BrN2O. The molecule has 0 aliphatic rings. The fourth-order valence-corrected chi connectivity index (χ4v) is 1.41. The van der Waals surface area contributed by atoms with Gasteiger partial charge in [0.2, 0.25) is 0 Å². The third-order valence-corrected chi connectivity index (χ3v) is 2.61. The van der Waals surface area contributed by atoms with Gasteiger partial charge in [-0.25, -0.2) is 0 Å². The summed E-state index contributed by atoms with van der Waals surface area (Å²) in [5, 5.41) is 9.74. The number of nitrogens with zero attached hydrogens (tertiary/aromatic N) is 1. The highest BCUT2D eigenvalue weighted by atomic mass is 79.9. The molecule has 3 N–H and O–H groups in total. The topological polar surface area (TPSA) is 59.1 Å². The summed E-state index contributed by atoms with van der Waals surface area (Å²) in [6.45, 7) is 3.87. The summed E-state index contributed by atoms with van der Waals surface area (Å²) in [5.41, 5.74) is 6.58. The first-order chi connectivity index (χ1) is 6.52. The standard InChI is InChI=1S/C10H15BrN2O/c1-6(2)10(14)9(12)8-4-3-7(11)5-13-8/h3-6,9-10,14H,12H2,1-2H3/t9-,10+/m0/s1. The van der Waals surface area contributed by atoms with Gasteiger partial charge in [0.25, 0.3) is 0 Å². The van der Waals surface area contributed by atoms with Crippen LogP contribution in [0.15, 0.2) is 22.8 Å². The van der Waals surface area contributed by atoms with Crippen LogP contribution in [0.25, 0.3) is 0 Å². The van der Waals surface area contributed by atoms with Crippen LogP contribution in [0.4, 0.5) is 0 Å². The van der Waals surface area contributed by atoms with E-state index >= 15 is 0 Å². The van der Waals surface area contributed by atoms with Crippen molar-refractivity contribution in [2.75, 3.05) is 0 Å². The average molecular weight is 259 g/mol. The number of nitrogens with two attached hydrogens (primary N) is 1. The third kappa shape index (κ3) is 2.77. The van der Waals surface area contributed by atoms with Crippen LogP contribution < -0.4 is 5.73 Å². The van der Waals surface area contributed by atoms with Gasteiger partial charge in [-0.3, -0.25) is 4.98 Å². The van der Waals surface area contributed by atoms with Crippen molar-refractivity contribution in [2.45, 2.75) is 26.0 Å². The lowest BCUT2D eigenvalue weighted by Gasteiger charge is -2.21. The van der Waals surface area contributed by atoms with Crippen molar-refractivity contribution >= 4 is 15.9 Å². The molecule has 1 aromatic heterocycles. The van der Waals surface area contributed by atoms with Crippen molar-refractivity contribution in [3.05, 3.63) is 28.5 Å². The molecule has 1 aromatic rings. The molecule has 1 heterocycles. The zero-order valence-corrected chi connectivity index (χ0v) is 9.90. The van der Waals surface area contributed by atoms with E-state index in [9.17, 15) is 5.11 Å². The lowest BCUT2D eigenvalue weighted by atomic mass is 9.98. The van der Waals surface area contributed by atoms with E-state index in [0.29, 0.717) is 0 Å². The Balaban J connectivity index is 2.78. The number of hydrogen-bond donors (Lipinski definition) is 2. The molecule has 0 aliphatic heterocycles. The molecule has 0 aliphatic carbocycles. The molecule has 1 rings (SSSR count). The number of pyridine rings is 1. The predicted molar refractivity (Wildman–Crippen MR) is 59.7 cm³/mol. The first-order valence-electron chi connectivity index (χ1n) is 4.57. The molecule has 0 spiro atoms. The first kappa shape index (κ1) is 11.6. The second-order valence-corrected chi connectivity index (χ2v) is 4.58. The van der Waals surface area contributed by atoms with Gasteiger partial charge in [-0.1, -0.05) is 13.8 Å². The van der Waals surface area contributed by atoms with Crippen molar-refractivity contribution in [1.82, 2.24) is 4.98 Å². The third-order valence-electron chi connectivity index (χ3n) is 2.14. The molecule has 3 nitrogen and oxygen atoms in total. The number of aliphatic hydroxyl groups excluding tert-OH is 1. The van der Waals surface area contributed by atoms with Gasteiger partial charge in [0, 0.05) is 10.7 Å². The molecule has 0 aromatic carbocycles. The van der Waals surface area contributed by atoms with Gasteiger partial charge in [-0.2, -0.15) is 0 Å². The number of aliphatic hydroxyl groups is 1. The molecule has 2 atom stereocenters. The molecule has 0 amide bonds. The minimum atomic E-state index is -0.552. The fourth-order valence-electron chi connectivity index (χ4n) is 1.17. The Bertz CT molecular complexity index is 287. The maximum Gasteiger partial charge on any atom is 0.0771 e. The number of halogens is 1. The van der Waals surface area contributed by atoms with Crippen LogP contribution in [0.3, 0.4) is 0 Å². The number of aromatic nitrogens is 1. The van der Waals surface area contributed by atoms with E-state index in [2.05, 4.69) is 20.9 Å². The molecule has 0 radical (unpaired) electrons. The summed E-state index contributed by atoms with van der Waals surface area (Å²) >= 11 is 3.29. The molecule has 0 saturated carbocycles. The van der Waals surface area contributed by atoms with Gasteiger partial charge in [0.15, 0.2) is 0 Å². The minimum absolute atomic E-state index is 0.135. The highest BCUT2D eigenvalue weighted by molar-refractivity contribution is 9.10. The van der Waals surface area contributed by atoms with E-state index in [1.54, 1.807) is 6.20 Å². The van der Waals surface area contributed by atoms with E-state index in [4.69, 9.17) is 5.73 Å². The Hall–Kier alpha value is -0.450. The zero-order valence-electron chi connectivity index (χ0n) is 8.31. The van der Waals surface area contributed by atoms with Crippen LogP contribution in [0.5, 0.6) is 0 Å². The van der Waals surface area contributed by atoms with Gasteiger partial charge in [-0.05, 0) is 34.0 Å². The molecule has 4 heteroatoms. The molecule has 0 fully saturated rings. The number of rotatable bonds is 3. The first-order valence-corrected chi connectivity index (χ1v) is 5.36. The van der Waals surface area contributed by atoms with Gasteiger partial charge in [0.05, 0.1) is 17.8 Å². The van der Waals surface area contributed by atoms with Gasteiger partial charge >= 0.3 is 0 Å². The van der Waals surface area contributed by atoms with E-state index in [-0.39, 0.29) is 5.92 Å². The van der Waals surface area contributed by atoms with Crippen molar-refractivity contribution in [2.24, 2.45) is 11.7 Å². The summed E-state index contributed by atoms with van der Waals surface area (Å²) in [6.07, 6.45) is 1.13. The Morgan fingerprint density at radius 2 is 2.07 bits per heavy atom. The van der Waals surface area contributed by atoms with E-state index in [1.807, 2.05) is 26.0 Å². The summed E-state index contributed by atoms with van der Waals surface area (Å²) in [4.78, 5) is 4.15. The molecule has 14 heavy (non-hydrogen) atoms. The maximum atomic E-state index is 9.74. The summed E-state index contributed by atoms with van der Waals surface area (Å²) in [7, 11) is 0. The largest absolute Gasteiger partial charge is 0.391 e. The lowest BCUT2D eigenvalue weighted by Crippen LogP contribution is -2.31. The monoisotopic (exact) mass is 258 g/mol. The van der Waals surface area contributed by atoms with Crippen molar-refractivity contribution < 1.29 is 5.11 Å². The van der Waals surface area contributed by atoms with Gasteiger partial charge in [-0.15, -0.1) is 0 Å². The van der Waals surface area contributed by atoms with Gasteiger partial charge in [0.1, 0.15) is 0 Å². The van der Waals surface area contributed by atoms with E-state index in [1.165, 1.54) is 0 Å². The Morgan fingerprint density at radius 3 is 2.50 bits per heavy atom. The van der Waals surface area contributed by atoms with Crippen molar-refractivity contribution in [3.63, 3.8) is 0 Å². The Kier molecular flexibility index (Phi) is 4.04. The SMILES string of the molecule is CC(C)[C@@H](O)[C@@H](N)c1ccc(Br)cn1. The van der Waals surface area contributed by atoms with Crippen LogP contribution >= 0.6 is 15.9 Å². The highest BCUT2D eigenvalue weighted by Gasteiger charge is 2.20. The molecule has 0 bridgehead atoms. The molecular weight excluding hydrogens is 244 g/mol. The smallest absolute Gasteiger partial charge is 0.0771 e. The predicted octanol–water partition coefficient (Wildman–Crippen LogP) is 1.86. The highest BCUT2D eigenvalue weighted by Crippen LogP contribution is 2.18. The van der Waals surface area contributed by atoms with Crippen molar-refractivity contribution in [1.29, 1.82) is 0 Å². The minimum Gasteiger partial charge on any atom is -0.391 e.